The van der Waals surface area contributed by atoms with Crippen LogP contribution in [0.4, 0.5) is 0 Å². The Balaban J connectivity index is 2.37. The molecule has 0 aromatic carbocycles. The lowest BCUT2D eigenvalue weighted by Crippen LogP contribution is -2.43. The van der Waals surface area contributed by atoms with E-state index in [-0.39, 0.29) is 24.2 Å². The monoisotopic (exact) mass is 209 g/mol. The summed E-state index contributed by atoms with van der Waals surface area (Å²) in [5.41, 5.74) is -0.226. The Bertz CT molecular complexity index is 299. The van der Waals surface area contributed by atoms with E-state index in [9.17, 15) is 9.59 Å². The second kappa shape index (κ2) is 4.83. The zero-order chi connectivity index (χ0) is 11.3. The van der Waals surface area contributed by atoms with E-state index < -0.39 is 5.97 Å². The summed E-state index contributed by atoms with van der Waals surface area (Å²) >= 11 is 0. The minimum atomic E-state index is -0.805. The van der Waals surface area contributed by atoms with Crippen LogP contribution in [-0.4, -0.2) is 23.5 Å². The van der Waals surface area contributed by atoms with Crippen molar-refractivity contribution in [2.45, 2.75) is 32.1 Å². The van der Waals surface area contributed by atoms with Crippen LogP contribution in [0.25, 0.3) is 0 Å². The fraction of sp³-hybridized carbons (Fsp3) is 0.636. The number of terminal acetylenes is 1. The maximum Gasteiger partial charge on any atom is 0.303 e. The molecule has 0 unspecified atom stereocenters. The topological polar surface area (TPSA) is 66.4 Å². The van der Waals surface area contributed by atoms with Crippen molar-refractivity contribution in [2.24, 2.45) is 5.41 Å². The van der Waals surface area contributed by atoms with Gasteiger partial charge in [-0.3, -0.25) is 9.59 Å². The molecule has 0 aromatic heterocycles. The van der Waals surface area contributed by atoms with Gasteiger partial charge in [-0.05, 0) is 18.3 Å². The van der Waals surface area contributed by atoms with Crippen molar-refractivity contribution in [3.8, 4) is 12.3 Å². The molecule has 0 spiro atoms. The molecule has 4 heteroatoms. The minimum absolute atomic E-state index is 0.0587. The number of carboxylic acids is 1. The highest BCUT2D eigenvalue weighted by Crippen LogP contribution is 2.43. The van der Waals surface area contributed by atoms with E-state index in [1.807, 2.05) is 0 Å². The van der Waals surface area contributed by atoms with E-state index in [1.54, 1.807) is 0 Å². The number of nitrogens with one attached hydrogen (secondary N) is 1. The van der Waals surface area contributed by atoms with E-state index in [0.717, 1.165) is 19.3 Å². The van der Waals surface area contributed by atoms with Crippen molar-refractivity contribution in [2.75, 3.05) is 6.54 Å². The molecular formula is C11H15NO3. The molecule has 0 aromatic rings. The predicted octanol–water partition coefficient (Wildman–Crippen LogP) is 0.771. The normalized spacial score (nSPS) is 17.3. The molecule has 0 saturated heterocycles. The molecule has 1 saturated carbocycles. The van der Waals surface area contributed by atoms with Crippen molar-refractivity contribution in [3.63, 3.8) is 0 Å². The van der Waals surface area contributed by atoms with Crippen LogP contribution in [0.15, 0.2) is 0 Å². The number of aliphatic carboxylic acids is 1. The molecule has 2 N–H and O–H groups in total. The lowest BCUT2D eigenvalue weighted by molar-refractivity contribution is -0.141. The van der Waals surface area contributed by atoms with E-state index in [1.165, 1.54) is 0 Å². The van der Waals surface area contributed by atoms with Crippen LogP contribution in [0.3, 0.4) is 0 Å². The van der Waals surface area contributed by atoms with E-state index in [4.69, 9.17) is 11.5 Å². The maximum absolute atomic E-state index is 11.1. The summed E-state index contributed by atoms with van der Waals surface area (Å²) in [5.74, 6) is 1.25. The Morgan fingerprint density at radius 1 is 1.47 bits per heavy atom. The van der Waals surface area contributed by atoms with Crippen molar-refractivity contribution in [1.29, 1.82) is 0 Å². The zero-order valence-electron chi connectivity index (χ0n) is 8.58. The SMILES string of the molecule is C#CCC(=O)NCC1(CC(=O)O)CCC1. The summed E-state index contributed by atoms with van der Waals surface area (Å²) in [6.45, 7) is 0.430. The number of amides is 1. The van der Waals surface area contributed by atoms with Gasteiger partial charge in [-0.2, -0.15) is 0 Å². The molecule has 1 rings (SSSR count). The first kappa shape index (κ1) is 11.6. The van der Waals surface area contributed by atoms with E-state index in [2.05, 4.69) is 11.2 Å². The largest absolute Gasteiger partial charge is 0.481 e. The Morgan fingerprint density at radius 3 is 2.53 bits per heavy atom. The molecule has 0 bridgehead atoms. The Hall–Kier alpha value is -1.50. The molecule has 1 fully saturated rings. The van der Waals surface area contributed by atoms with Gasteiger partial charge in [0, 0.05) is 6.54 Å². The van der Waals surface area contributed by atoms with Crippen LogP contribution < -0.4 is 5.32 Å². The van der Waals surface area contributed by atoms with Gasteiger partial charge in [0.05, 0.1) is 12.8 Å². The first-order valence-electron chi connectivity index (χ1n) is 5.00. The first-order chi connectivity index (χ1) is 7.08. The summed E-state index contributed by atoms with van der Waals surface area (Å²) < 4.78 is 0. The second-order valence-corrected chi connectivity index (χ2v) is 4.08. The first-order valence-corrected chi connectivity index (χ1v) is 5.00. The van der Waals surface area contributed by atoms with Gasteiger partial charge in [0.1, 0.15) is 0 Å². The van der Waals surface area contributed by atoms with Crippen molar-refractivity contribution in [1.82, 2.24) is 5.32 Å². The Kier molecular flexibility index (Phi) is 3.73. The van der Waals surface area contributed by atoms with E-state index in [0.29, 0.717) is 6.54 Å². The van der Waals surface area contributed by atoms with Gasteiger partial charge in [-0.25, -0.2) is 0 Å². The van der Waals surface area contributed by atoms with Gasteiger partial charge in [-0.15, -0.1) is 6.42 Å². The van der Waals surface area contributed by atoms with Crippen LogP contribution in [-0.2, 0) is 9.59 Å². The number of rotatable bonds is 5. The smallest absolute Gasteiger partial charge is 0.303 e. The average Bonchev–Trinajstić information content (AvgIpc) is 2.09. The van der Waals surface area contributed by atoms with Crippen LogP contribution in [0.5, 0.6) is 0 Å². The summed E-state index contributed by atoms with van der Waals surface area (Å²) in [7, 11) is 0. The molecule has 4 nitrogen and oxygen atoms in total. The van der Waals surface area contributed by atoms with Crippen molar-refractivity contribution >= 4 is 11.9 Å². The molecule has 15 heavy (non-hydrogen) atoms. The average molecular weight is 209 g/mol. The number of hydrogen-bond acceptors (Lipinski definition) is 2. The standard InChI is InChI=1S/C11H15NO3/c1-2-4-9(13)12-8-11(5-3-6-11)7-10(14)15/h1H,3-8H2,(H,12,13)(H,14,15). The molecule has 1 amide bonds. The summed E-state index contributed by atoms with van der Waals surface area (Å²) in [6.07, 6.45) is 7.96. The highest BCUT2D eigenvalue weighted by Gasteiger charge is 2.39. The molecule has 0 aliphatic heterocycles. The third-order valence-corrected chi connectivity index (χ3v) is 2.86. The Labute approximate surface area is 89.0 Å². The van der Waals surface area contributed by atoms with E-state index >= 15 is 0 Å². The van der Waals surface area contributed by atoms with Gasteiger partial charge >= 0.3 is 5.97 Å². The molecular weight excluding hydrogens is 194 g/mol. The lowest BCUT2D eigenvalue weighted by Gasteiger charge is -2.40. The van der Waals surface area contributed by atoms with Crippen LogP contribution in [0.2, 0.25) is 0 Å². The van der Waals surface area contributed by atoms with Crippen molar-refractivity contribution in [3.05, 3.63) is 0 Å². The van der Waals surface area contributed by atoms with Crippen LogP contribution >= 0.6 is 0 Å². The number of hydrogen-bond donors (Lipinski definition) is 2. The highest BCUT2D eigenvalue weighted by molar-refractivity contribution is 5.78. The van der Waals surface area contributed by atoms with Gasteiger partial charge in [0.2, 0.25) is 5.91 Å². The number of carboxylic acid groups (broad SMARTS) is 1. The second-order valence-electron chi connectivity index (χ2n) is 4.08. The third kappa shape index (κ3) is 3.28. The fourth-order valence-electron chi connectivity index (χ4n) is 1.85. The maximum atomic E-state index is 11.1. The summed E-state index contributed by atoms with van der Waals surface area (Å²) in [5, 5.41) is 11.4. The van der Waals surface area contributed by atoms with Crippen LogP contribution in [0, 0.1) is 17.8 Å². The van der Waals surface area contributed by atoms with Gasteiger partial charge in [-0.1, -0.05) is 12.3 Å². The zero-order valence-corrected chi connectivity index (χ0v) is 8.58. The molecule has 0 heterocycles. The third-order valence-electron chi connectivity index (χ3n) is 2.86. The molecule has 0 radical (unpaired) electrons. The molecule has 82 valence electrons. The highest BCUT2D eigenvalue weighted by atomic mass is 16.4. The lowest BCUT2D eigenvalue weighted by atomic mass is 9.66. The summed E-state index contributed by atoms with van der Waals surface area (Å²) in [4.78, 5) is 21.7. The number of carbonyl (C=O) groups is 2. The fourth-order valence-corrected chi connectivity index (χ4v) is 1.85. The minimum Gasteiger partial charge on any atom is -0.481 e. The predicted molar refractivity (Wildman–Crippen MR) is 55.0 cm³/mol. The summed E-state index contributed by atoms with van der Waals surface area (Å²) in [6, 6.07) is 0. The molecule has 1 aliphatic carbocycles. The molecule has 0 atom stereocenters. The number of carbonyl (C=O) groups excluding carboxylic acids is 1. The van der Waals surface area contributed by atoms with Gasteiger partial charge in [0.15, 0.2) is 0 Å². The van der Waals surface area contributed by atoms with Crippen LogP contribution in [0.1, 0.15) is 32.1 Å². The van der Waals surface area contributed by atoms with Crippen molar-refractivity contribution < 1.29 is 14.7 Å². The molecule has 1 aliphatic rings. The van der Waals surface area contributed by atoms with Gasteiger partial charge in [0.25, 0.3) is 0 Å². The quantitative estimate of drug-likeness (QED) is 0.657. The Morgan fingerprint density at radius 2 is 2.13 bits per heavy atom. The van der Waals surface area contributed by atoms with Gasteiger partial charge < -0.3 is 10.4 Å².